The van der Waals surface area contributed by atoms with Crippen molar-refractivity contribution in [3.63, 3.8) is 0 Å². The third-order valence-electron chi connectivity index (χ3n) is 3.42. The van der Waals surface area contributed by atoms with E-state index in [-0.39, 0.29) is 6.04 Å². The minimum Gasteiger partial charge on any atom is -0.328 e. The minimum atomic E-state index is -0.937. The quantitative estimate of drug-likeness (QED) is 0.831. The summed E-state index contributed by atoms with van der Waals surface area (Å²) < 4.78 is 14.1. The van der Waals surface area contributed by atoms with E-state index in [1.54, 1.807) is 0 Å². The van der Waals surface area contributed by atoms with E-state index in [1.165, 1.54) is 5.56 Å². The Morgan fingerprint density at radius 1 is 1.31 bits per heavy atom. The molecule has 0 spiro atoms. The van der Waals surface area contributed by atoms with Crippen LogP contribution < -0.4 is 5.73 Å². The van der Waals surface area contributed by atoms with Gasteiger partial charge in [-0.05, 0) is 43.7 Å². The Bertz CT molecular complexity index is 356. The van der Waals surface area contributed by atoms with Crippen molar-refractivity contribution in [2.75, 3.05) is 0 Å². The van der Waals surface area contributed by atoms with Crippen molar-refractivity contribution in [3.8, 4) is 0 Å². The first-order chi connectivity index (χ1) is 7.59. The Kier molecular flexibility index (Phi) is 3.29. The number of halogens is 1. The van der Waals surface area contributed by atoms with Gasteiger partial charge in [0.25, 0.3) is 0 Å². The predicted molar refractivity (Wildman–Crippen MR) is 65.2 cm³/mol. The van der Waals surface area contributed by atoms with Gasteiger partial charge in [0.2, 0.25) is 0 Å². The van der Waals surface area contributed by atoms with Crippen molar-refractivity contribution in [2.45, 2.75) is 50.7 Å². The maximum absolute atomic E-state index is 14.1. The van der Waals surface area contributed by atoms with Gasteiger partial charge in [0.05, 0.1) is 0 Å². The number of nitrogens with two attached hydrogens (primary N) is 1. The number of hydrogen-bond acceptors (Lipinski definition) is 1. The van der Waals surface area contributed by atoms with Crippen LogP contribution in [0.1, 0.15) is 37.3 Å². The molecule has 0 aromatic heterocycles. The average molecular weight is 221 g/mol. The smallest absolute Gasteiger partial charge is 0.115 e. The molecule has 0 heterocycles. The molecule has 1 fully saturated rings. The molecule has 1 aromatic carbocycles. The molecular weight excluding hydrogens is 201 g/mol. The Morgan fingerprint density at radius 3 is 2.44 bits per heavy atom. The molecule has 1 atom stereocenters. The van der Waals surface area contributed by atoms with Crippen LogP contribution in [0.5, 0.6) is 0 Å². The standard InChI is InChI=1S/C14H20FN/c1-11(16)9-12-5-2-3-6-13(12)10-14(15)7-4-8-14/h2-3,5-6,11H,4,7-10,16H2,1H3. The van der Waals surface area contributed by atoms with Crippen molar-refractivity contribution in [1.82, 2.24) is 0 Å². The van der Waals surface area contributed by atoms with Crippen LogP contribution in [-0.4, -0.2) is 11.7 Å². The van der Waals surface area contributed by atoms with Gasteiger partial charge in [-0.15, -0.1) is 0 Å². The molecule has 88 valence electrons. The number of alkyl halides is 1. The second-order valence-electron chi connectivity index (χ2n) is 5.13. The van der Waals surface area contributed by atoms with Crippen molar-refractivity contribution < 1.29 is 4.39 Å². The molecule has 1 saturated carbocycles. The van der Waals surface area contributed by atoms with E-state index in [9.17, 15) is 4.39 Å². The third kappa shape index (κ3) is 2.62. The van der Waals surface area contributed by atoms with Crippen LogP contribution in [0.25, 0.3) is 0 Å². The fourth-order valence-electron chi connectivity index (χ4n) is 2.35. The predicted octanol–water partition coefficient (Wildman–Crippen LogP) is 3.01. The molecule has 0 bridgehead atoms. The van der Waals surface area contributed by atoms with Crippen LogP contribution in [0.15, 0.2) is 24.3 Å². The highest BCUT2D eigenvalue weighted by molar-refractivity contribution is 5.29. The van der Waals surface area contributed by atoms with Gasteiger partial charge in [0, 0.05) is 12.5 Å². The van der Waals surface area contributed by atoms with Gasteiger partial charge < -0.3 is 5.73 Å². The van der Waals surface area contributed by atoms with E-state index in [4.69, 9.17) is 5.73 Å². The molecule has 1 unspecified atom stereocenters. The summed E-state index contributed by atoms with van der Waals surface area (Å²) in [4.78, 5) is 0. The number of rotatable bonds is 4. The molecule has 1 aliphatic rings. The fraction of sp³-hybridized carbons (Fsp3) is 0.571. The summed E-state index contributed by atoms with van der Waals surface area (Å²) in [7, 11) is 0. The second-order valence-corrected chi connectivity index (χ2v) is 5.13. The van der Waals surface area contributed by atoms with Crippen LogP contribution in [0.3, 0.4) is 0 Å². The Morgan fingerprint density at radius 2 is 1.94 bits per heavy atom. The zero-order valence-corrected chi connectivity index (χ0v) is 9.88. The molecule has 1 aliphatic carbocycles. The molecule has 0 amide bonds. The van der Waals surface area contributed by atoms with E-state index in [2.05, 4.69) is 6.07 Å². The molecule has 1 nitrogen and oxygen atoms in total. The maximum Gasteiger partial charge on any atom is 0.115 e. The largest absolute Gasteiger partial charge is 0.328 e. The van der Waals surface area contributed by atoms with Crippen LogP contribution in [0, 0.1) is 0 Å². The Labute approximate surface area is 96.9 Å². The van der Waals surface area contributed by atoms with Crippen LogP contribution >= 0.6 is 0 Å². The summed E-state index contributed by atoms with van der Waals surface area (Å²) in [5.74, 6) is 0. The molecule has 16 heavy (non-hydrogen) atoms. The van der Waals surface area contributed by atoms with Gasteiger partial charge in [0.15, 0.2) is 0 Å². The maximum atomic E-state index is 14.1. The lowest BCUT2D eigenvalue weighted by Gasteiger charge is -2.34. The summed E-state index contributed by atoms with van der Waals surface area (Å²) in [5.41, 5.74) is 7.22. The highest BCUT2D eigenvalue weighted by Gasteiger charge is 2.37. The normalized spacial score (nSPS) is 20.2. The molecule has 2 heteroatoms. The first kappa shape index (κ1) is 11.6. The van der Waals surface area contributed by atoms with Gasteiger partial charge >= 0.3 is 0 Å². The van der Waals surface area contributed by atoms with E-state index in [1.807, 2.05) is 25.1 Å². The van der Waals surface area contributed by atoms with E-state index >= 15 is 0 Å². The molecule has 2 rings (SSSR count). The van der Waals surface area contributed by atoms with Crippen molar-refractivity contribution >= 4 is 0 Å². The zero-order valence-electron chi connectivity index (χ0n) is 9.88. The first-order valence-electron chi connectivity index (χ1n) is 6.10. The lowest BCUT2D eigenvalue weighted by molar-refractivity contribution is 0.0639. The van der Waals surface area contributed by atoms with Crippen LogP contribution in [-0.2, 0) is 12.8 Å². The second kappa shape index (κ2) is 4.54. The molecular formula is C14H20FN. The average Bonchev–Trinajstić information content (AvgIpc) is 2.18. The number of hydrogen-bond donors (Lipinski definition) is 1. The number of benzene rings is 1. The lowest BCUT2D eigenvalue weighted by atomic mass is 9.77. The zero-order chi connectivity index (χ0) is 11.6. The summed E-state index contributed by atoms with van der Waals surface area (Å²) in [6, 6.07) is 8.24. The van der Waals surface area contributed by atoms with Crippen molar-refractivity contribution in [1.29, 1.82) is 0 Å². The van der Waals surface area contributed by atoms with Crippen LogP contribution in [0.2, 0.25) is 0 Å². The van der Waals surface area contributed by atoms with Crippen LogP contribution in [0.4, 0.5) is 4.39 Å². The molecule has 1 aromatic rings. The Balaban J connectivity index is 2.12. The highest BCUT2D eigenvalue weighted by atomic mass is 19.1. The van der Waals surface area contributed by atoms with E-state index < -0.39 is 5.67 Å². The summed E-state index contributed by atoms with van der Waals surface area (Å²) in [6.45, 7) is 1.99. The summed E-state index contributed by atoms with van der Waals surface area (Å²) in [6.07, 6.45) is 3.88. The van der Waals surface area contributed by atoms with Gasteiger partial charge in [-0.25, -0.2) is 4.39 Å². The van der Waals surface area contributed by atoms with Gasteiger partial charge in [-0.2, -0.15) is 0 Å². The van der Waals surface area contributed by atoms with Gasteiger partial charge in [0.1, 0.15) is 5.67 Å². The molecule has 2 N–H and O–H groups in total. The molecule has 0 saturated heterocycles. The summed E-state index contributed by atoms with van der Waals surface area (Å²) in [5, 5.41) is 0. The summed E-state index contributed by atoms with van der Waals surface area (Å²) >= 11 is 0. The SMILES string of the molecule is CC(N)Cc1ccccc1CC1(F)CCC1. The van der Waals surface area contributed by atoms with Crippen molar-refractivity contribution in [3.05, 3.63) is 35.4 Å². The topological polar surface area (TPSA) is 26.0 Å². The van der Waals surface area contributed by atoms with Crippen molar-refractivity contribution in [2.24, 2.45) is 5.73 Å². The molecule has 0 aliphatic heterocycles. The minimum absolute atomic E-state index is 0.137. The van der Waals surface area contributed by atoms with E-state index in [0.717, 1.165) is 31.2 Å². The highest BCUT2D eigenvalue weighted by Crippen LogP contribution is 2.39. The first-order valence-corrected chi connectivity index (χ1v) is 6.10. The van der Waals surface area contributed by atoms with E-state index in [0.29, 0.717) is 6.42 Å². The Hall–Kier alpha value is -0.890. The third-order valence-corrected chi connectivity index (χ3v) is 3.42. The monoisotopic (exact) mass is 221 g/mol. The lowest BCUT2D eigenvalue weighted by Crippen LogP contribution is -2.34. The molecule has 0 radical (unpaired) electrons. The fourth-order valence-corrected chi connectivity index (χ4v) is 2.35. The van der Waals surface area contributed by atoms with Gasteiger partial charge in [-0.1, -0.05) is 24.3 Å². The van der Waals surface area contributed by atoms with Gasteiger partial charge in [-0.3, -0.25) is 0 Å².